The molecule has 1 amide bonds. The van der Waals surface area contributed by atoms with E-state index in [4.69, 9.17) is 16.9 Å². The van der Waals surface area contributed by atoms with Crippen LogP contribution in [0.15, 0.2) is 36.4 Å². The molecule has 2 aromatic rings. The van der Waals surface area contributed by atoms with Crippen molar-refractivity contribution in [1.82, 2.24) is 4.90 Å². The number of amides is 1. The molecule has 132 valence electrons. The molecule has 0 radical (unpaired) electrons. The second-order valence-electron chi connectivity index (χ2n) is 5.45. The Labute approximate surface area is 156 Å². The maximum Gasteiger partial charge on any atom is 0.238 e. The molecule has 0 unspecified atom stereocenters. The highest BCUT2D eigenvalue weighted by molar-refractivity contribution is 7.91. The van der Waals surface area contributed by atoms with Crippen molar-refractivity contribution >= 4 is 38.7 Å². The first-order chi connectivity index (χ1) is 11.8. The summed E-state index contributed by atoms with van der Waals surface area (Å²) < 4.78 is 25.3. The molecule has 1 aromatic carbocycles. The van der Waals surface area contributed by atoms with Gasteiger partial charge in [-0.3, -0.25) is 4.79 Å². The van der Waals surface area contributed by atoms with Gasteiger partial charge in [-0.25, -0.2) is 8.42 Å². The molecule has 0 aliphatic rings. The average molecular weight is 397 g/mol. The Hall–Kier alpha value is -1.88. The maximum absolute atomic E-state index is 12.4. The van der Waals surface area contributed by atoms with Gasteiger partial charge in [0.15, 0.2) is 9.84 Å². The number of nitrogens with zero attached hydrogens (tertiary/aromatic N) is 2. The van der Waals surface area contributed by atoms with E-state index in [1.54, 1.807) is 37.3 Å². The molecule has 25 heavy (non-hydrogen) atoms. The summed E-state index contributed by atoms with van der Waals surface area (Å²) in [4.78, 5) is 14.8. The first kappa shape index (κ1) is 19.4. The van der Waals surface area contributed by atoms with Crippen molar-refractivity contribution < 1.29 is 13.2 Å². The first-order valence-electron chi connectivity index (χ1n) is 7.54. The molecule has 2 rings (SSSR count). The van der Waals surface area contributed by atoms with Crippen LogP contribution in [0.1, 0.15) is 22.9 Å². The van der Waals surface area contributed by atoms with Gasteiger partial charge < -0.3 is 4.90 Å². The molecule has 5 nitrogen and oxygen atoms in total. The largest absolute Gasteiger partial charge is 0.337 e. The number of sulfone groups is 1. The van der Waals surface area contributed by atoms with Gasteiger partial charge in [-0.1, -0.05) is 23.7 Å². The van der Waals surface area contributed by atoms with Crippen LogP contribution in [-0.2, 0) is 26.9 Å². The molecule has 1 aromatic heterocycles. The monoisotopic (exact) mass is 396 g/mol. The molecule has 0 saturated carbocycles. The Morgan fingerprint density at radius 1 is 1.24 bits per heavy atom. The lowest BCUT2D eigenvalue weighted by Crippen LogP contribution is -2.35. The second kappa shape index (κ2) is 8.48. The highest BCUT2D eigenvalue weighted by Gasteiger charge is 2.22. The minimum atomic E-state index is -3.59. The zero-order valence-electron chi connectivity index (χ0n) is 13.6. The van der Waals surface area contributed by atoms with Crippen LogP contribution in [0.3, 0.4) is 0 Å². The van der Waals surface area contributed by atoms with Crippen molar-refractivity contribution in [3.05, 3.63) is 56.7 Å². The number of carbonyl (C=O) groups is 1. The average Bonchev–Trinajstić information content (AvgIpc) is 2.97. The van der Waals surface area contributed by atoms with Gasteiger partial charge in [0.25, 0.3) is 0 Å². The lowest BCUT2D eigenvalue weighted by molar-refractivity contribution is -0.128. The van der Waals surface area contributed by atoms with E-state index in [2.05, 4.69) is 0 Å². The highest BCUT2D eigenvalue weighted by atomic mass is 35.5. The standard InChI is InChI=1S/C17H17ClN2O3S2/c1-2-20(10-15-7-8-16(18)24-15)17(21)12-25(22,23)11-14-5-3-13(9-19)4-6-14/h3-8H,2,10-12H2,1H3. The Morgan fingerprint density at radius 3 is 2.44 bits per heavy atom. The molecule has 1 heterocycles. The van der Waals surface area contributed by atoms with Gasteiger partial charge in [-0.2, -0.15) is 5.26 Å². The topological polar surface area (TPSA) is 78.2 Å². The lowest BCUT2D eigenvalue weighted by atomic mass is 10.2. The number of thiophene rings is 1. The summed E-state index contributed by atoms with van der Waals surface area (Å²) in [7, 11) is -3.59. The van der Waals surface area contributed by atoms with Crippen molar-refractivity contribution in [3.63, 3.8) is 0 Å². The Balaban J connectivity index is 2.01. The normalized spacial score (nSPS) is 11.1. The summed E-state index contributed by atoms with van der Waals surface area (Å²) in [5.41, 5.74) is 1.02. The van der Waals surface area contributed by atoms with E-state index >= 15 is 0 Å². The third kappa shape index (κ3) is 5.85. The van der Waals surface area contributed by atoms with Crippen LogP contribution < -0.4 is 0 Å². The van der Waals surface area contributed by atoms with Crippen LogP contribution in [0.5, 0.6) is 0 Å². The van der Waals surface area contributed by atoms with Gasteiger partial charge in [0.05, 0.1) is 28.3 Å². The maximum atomic E-state index is 12.4. The zero-order chi connectivity index (χ0) is 18.4. The highest BCUT2D eigenvalue weighted by Crippen LogP contribution is 2.23. The van der Waals surface area contributed by atoms with Gasteiger partial charge in [0.1, 0.15) is 5.75 Å². The molecular weight excluding hydrogens is 380 g/mol. The summed E-state index contributed by atoms with van der Waals surface area (Å²) in [5, 5.41) is 8.76. The smallest absolute Gasteiger partial charge is 0.238 e. The van der Waals surface area contributed by atoms with Gasteiger partial charge >= 0.3 is 0 Å². The van der Waals surface area contributed by atoms with E-state index < -0.39 is 21.5 Å². The molecule has 8 heteroatoms. The summed E-state index contributed by atoms with van der Waals surface area (Å²) in [6, 6.07) is 11.9. The van der Waals surface area contributed by atoms with Crippen molar-refractivity contribution in [2.24, 2.45) is 0 Å². The van der Waals surface area contributed by atoms with Crippen LogP contribution in [0.25, 0.3) is 0 Å². The first-order valence-corrected chi connectivity index (χ1v) is 10.6. The Morgan fingerprint density at radius 2 is 1.92 bits per heavy atom. The number of hydrogen-bond donors (Lipinski definition) is 0. The van der Waals surface area contributed by atoms with E-state index in [0.717, 1.165) is 4.88 Å². The Bertz CT molecular complexity index is 883. The molecule has 0 spiro atoms. The van der Waals surface area contributed by atoms with Gasteiger partial charge in [-0.15, -0.1) is 11.3 Å². The Kier molecular flexibility index (Phi) is 6.59. The number of nitriles is 1. The molecule has 0 aliphatic carbocycles. The van der Waals surface area contributed by atoms with E-state index in [0.29, 0.717) is 28.6 Å². The quantitative estimate of drug-likeness (QED) is 0.719. The number of carbonyl (C=O) groups excluding carboxylic acids is 1. The van der Waals surface area contributed by atoms with E-state index in [1.165, 1.54) is 16.2 Å². The molecule has 0 fully saturated rings. The number of rotatable bonds is 7. The fraction of sp³-hybridized carbons (Fsp3) is 0.294. The minimum Gasteiger partial charge on any atom is -0.337 e. The fourth-order valence-corrected chi connectivity index (χ4v) is 4.73. The molecule has 0 aliphatic heterocycles. The predicted molar refractivity (Wildman–Crippen MR) is 99.1 cm³/mol. The van der Waals surface area contributed by atoms with Crippen molar-refractivity contribution in [2.75, 3.05) is 12.3 Å². The third-order valence-corrected chi connectivity index (χ3v) is 6.20. The second-order valence-corrected chi connectivity index (χ2v) is 9.32. The number of halogens is 1. The van der Waals surface area contributed by atoms with E-state index in [-0.39, 0.29) is 5.75 Å². The van der Waals surface area contributed by atoms with Gasteiger partial charge in [0.2, 0.25) is 5.91 Å². The van der Waals surface area contributed by atoms with Crippen LogP contribution in [0.2, 0.25) is 4.34 Å². The molecule has 0 atom stereocenters. The number of hydrogen-bond acceptors (Lipinski definition) is 5. The predicted octanol–water partition coefficient (Wildman–Crippen LogP) is 3.24. The number of benzene rings is 1. The summed E-state index contributed by atoms with van der Waals surface area (Å²) >= 11 is 7.25. The van der Waals surface area contributed by atoms with E-state index in [1.807, 2.05) is 12.1 Å². The zero-order valence-corrected chi connectivity index (χ0v) is 16.0. The van der Waals surface area contributed by atoms with Crippen LogP contribution in [0, 0.1) is 11.3 Å². The lowest BCUT2D eigenvalue weighted by Gasteiger charge is -2.20. The molecule has 0 bridgehead atoms. The SMILES string of the molecule is CCN(Cc1ccc(Cl)s1)C(=O)CS(=O)(=O)Cc1ccc(C#N)cc1. The van der Waals surface area contributed by atoms with Crippen molar-refractivity contribution in [3.8, 4) is 6.07 Å². The summed E-state index contributed by atoms with van der Waals surface area (Å²) in [6.07, 6.45) is 0. The molecule has 0 N–H and O–H groups in total. The van der Waals surface area contributed by atoms with Crippen molar-refractivity contribution in [2.45, 2.75) is 19.2 Å². The third-order valence-electron chi connectivity index (χ3n) is 3.52. The van der Waals surface area contributed by atoms with Gasteiger partial charge in [0, 0.05) is 11.4 Å². The van der Waals surface area contributed by atoms with E-state index in [9.17, 15) is 13.2 Å². The molecular formula is C17H17ClN2O3S2. The summed E-state index contributed by atoms with van der Waals surface area (Å²) in [5.74, 6) is -1.20. The molecule has 0 saturated heterocycles. The van der Waals surface area contributed by atoms with Crippen LogP contribution in [0.4, 0.5) is 0 Å². The van der Waals surface area contributed by atoms with Crippen molar-refractivity contribution in [1.29, 1.82) is 5.26 Å². The fourth-order valence-electron chi connectivity index (χ4n) is 2.26. The summed E-state index contributed by atoms with van der Waals surface area (Å²) in [6.45, 7) is 2.57. The van der Waals surface area contributed by atoms with Crippen LogP contribution in [-0.4, -0.2) is 31.5 Å². The minimum absolute atomic E-state index is 0.229. The van der Waals surface area contributed by atoms with Crippen LogP contribution >= 0.6 is 22.9 Å². The van der Waals surface area contributed by atoms with Gasteiger partial charge in [-0.05, 0) is 36.8 Å².